The first kappa shape index (κ1) is 26.3. The lowest BCUT2D eigenvalue weighted by atomic mass is 9.91. The summed E-state index contributed by atoms with van der Waals surface area (Å²) < 4.78 is 31.2. The second kappa shape index (κ2) is 14.1. The Morgan fingerprint density at radius 2 is 1.44 bits per heavy atom. The molecule has 0 spiro atoms. The molecule has 0 amide bonds. The van der Waals surface area contributed by atoms with Crippen LogP contribution in [0.1, 0.15) is 37.8 Å². The highest BCUT2D eigenvalue weighted by Crippen LogP contribution is 2.33. The van der Waals surface area contributed by atoms with Crippen molar-refractivity contribution in [3.8, 4) is 0 Å². The highest BCUT2D eigenvalue weighted by Gasteiger charge is 2.48. The molecule has 1 aliphatic rings. The van der Waals surface area contributed by atoms with Crippen LogP contribution in [0.3, 0.4) is 0 Å². The molecule has 1 unspecified atom stereocenters. The predicted octanol–water partition coefficient (Wildman–Crippen LogP) is 4.86. The van der Waals surface area contributed by atoms with Gasteiger partial charge in [-0.15, -0.1) is 6.58 Å². The van der Waals surface area contributed by atoms with Crippen molar-refractivity contribution in [2.75, 3.05) is 6.61 Å². The summed E-state index contributed by atoms with van der Waals surface area (Å²) in [6, 6.07) is 19.9. The summed E-state index contributed by atoms with van der Waals surface area (Å²) in [5.74, 6) is 0. The Labute approximate surface area is 202 Å². The van der Waals surface area contributed by atoms with Gasteiger partial charge in [-0.05, 0) is 31.4 Å². The van der Waals surface area contributed by atoms with E-state index in [-0.39, 0.29) is 12.5 Å². The van der Waals surface area contributed by atoms with Gasteiger partial charge in [0, 0.05) is 13.0 Å². The maximum absolute atomic E-state index is 11.5. The highest BCUT2D eigenvalue weighted by atomic mass is 16.7. The van der Waals surface area contributed by atoms with Gasteiger partial charge in [-0.25, -0.2) is 0 Å². The van der Waals surface area contributed by atoms with Crippen LogP contribution in [0, 0.1) is 0 Å². The summed E-state index contributed by atoms with van der Waals surface area (Å²) in [6.45, 7) is 8.94. The van der Waals surface area contributed by atoms with Crippen LogP contribution in [0.15, 0.2) is 73.3 Å². The van der Waals surface area contributed by atoms with Crippen molar-refractivity contribution >= 4 is 6.29 Å². The van der Waals surface area contributed by atoms with Crippen molar-refractivity contribution < 1.29 is 28.5 Å². The lowest BCUT2D eigenvalue weighted by molar-refractivity contribution is -0.290. The molecule has 6 heteroatoms. The maximum atomic E-state index is 11.5. The molecule has 0 saturated carbocycles. The van der Waals surface area contributed by atoms with Gasteiger partial charge in [0.25, 0.3) is 0 Å². The molecule has 1 saturated heterocycles. The molecule has 0 aliphatic carbocycles. The number of rotatable bonds is 14. The number of hydrogen-bond acceptors (Lipinski definition) is 6. The first-order valence-corrected chi connectivity index (χ1v) is 11.9. The normalized spacial score (nSPS) is 25.5. The van der Waals surface area contributed by atoms with E-state index in [2.05, 4.69) is 6.58 Å². The van der Waals surface area contributed by atoms with Crippen LogP contribution in [0.5, 0.6) is 0 Å². The zero-order valence-corrected chi connectivity index (χ0v) is 20.1. The summed E-state index contributed by atoms with van der Waals surface area (Å²) in [5, 5.41) is 0. The summed E-state index contributed by atoms with van der Waals surface area (Å²) in [5.41, 5.74) is 2.09. The van der Waals surface area contributed by atoms with E-state index in [9.17, 15) is 4.79 Å². The molecule has 1 heterocycles. The summed E-state index contributed by atoms with van der Waals surface area (Å²) in [6.07, 6.45) is 0.674. The molecule has 0 radical (unpaired) electrons. The summed E-state index contributed by atoms with van der Waals surface area (Å²) in [4.78, 5) is 11.5. The van der Waals surface area contributed by atoms with Crippen LogP contribution in [-0.2, 0) is 41.7 Å². The number of aldehydes is 1. The van der Waals surface area contributed by atoms with Gasteiger partial charge >= 0.3 is 0 Å². The van der Waals surface area contributed by atoms with E-state index < -0.39 is 30.7 Å². The molecular formula is C28H36O6. The van der Waals surface area contributed by atoms with Gasteiger partial charge in [0.2, 0.25) is 0 Å². The Hall–Kier alpha value is -2.35. The predicted molar refractivity (Wildman–Crippen MR) is 130 cm³/mol. The first-order valence-electron chi connectivity index (χ1n) is 11.9. The lowest BCUT2D eigenvalue weighted by Gasteiger charge is -2.46. The molecule has 6 nitrogen and oxygen atoms in total. The van der Waals surface area contributed by atoms with E-state index in [1.165, 1.54) is 0 Å². The Kier molecular flexibility index (Phi) is 10.9. The van der Waals surface area contributed by atoms with Crippen molar-refractivity contribution in [2.45, 2.75) is 76.7 Å². The van der Waals surface area contributed by atoms with Crippen LogP contribution in [0.25, 0.3) is 0 Å². The molecule has 6 atom stereocenters. The average molecular weight is 469 g/mol. The molecule has 0 bridgehead atoms. The number of hydrogen-bond donors (Lipinski definition) is 0. The fraction of sp³-hybridized carbons (Fsp3) is 0.464. The van der Waals surface area contributed by atoms with Gasteiger partial charge in [0.05, 0.1) is 25.4 Å². The molecule has 0 aromatic heterocycles. The summed E-state index contributed by atoms with van der Waals surface area (Å²) in [7, 11) is 0. The number of benzene rings is 2. The topological polar surface area (TPSA) is 63.2 Å². The molecule has 2 aromatic rings. The van der Waals surface area contributed by atoms with Gasteiger partial charge < -0.3 is 28.5 Å². The molecule has 1 aliphatic heterocycles. The standard InChI is InChI=1S/C28H36O6/c1-4-12-24-26(31-19-22-13-8-6-9-14-22)28(32-20-23-15-10-7-11-16-23)27(25(34-24)17-18-29)33-21(3)30-5-2/h4,6-11,13-16,18,21,24-28H,1,5,12,17,19-20H2,2-3H3/t21?,24-,25+,26-,27+,28+/m0/s1. The van der Waals surface area contributed by atoms with Crippen molar-refractivity contribution in [3.05, 3.63) is 84.4 Å². The third-order valence-corrected chi connectivity index (χ3v) is 5.78. The van der Waals surface area contributed by atoms with Gasteiger partial charge in [0.1, 0.15) is 24.6 Å². The van der Waals surface area contributed by atoms with Crippen molar-refractivity contribution in [3.63, 3.8) is 0 Å². The van der Waals surface area contributed by atoms with E-state index in [0.29, 0.717) is 26.2 Å². The molecule has 1 fully saturated rings. The minimum Gasteiger partial charge on any atom is -0.369 e. The maximum Gasteiger partial charge on any atom is 0.155 e. The molecule has 0 N–H and O–H groups in total. The molecule has 34 heavy (non-hydrogen) atoms. The van der Waals surface area contributed by atoms with Gasteiger partial charge in [-0.3, -0.25) is 0 Å². The van der Waals surface area contributed by atoms with Crippen LogP contribution >= 0.6 is 0 Å². The third-order valence-electron chi connectivity index (χ3n) is 5.78. The largest absolute Gasteiger partial charge is 0.369 e. The number of carbonyl (C=O) groups excluding carboxylic acids is 1. The van der Waals surface area contributed by atoms with E-state index >= 15 is 0 Å². The van der Waals surface area contributed by atoms with Gasteiger partial charge in [0.15, 0.2) is 6.29 Å². The zero-order chi connectivity index (χ0) is 24.2. The fourth-order valence-corrected chi connectivity index (χ4v) is 4.21. The lowest BCUT2D eigenvalue weighted by Crippen LogP contribution is -2.60. The number of ether oxygens (including phenoxy) is 5. The van der Waals surface area contributed by atoms with Crippen molar-refractivity contribution in [2.24, 2.45) is 0 Å². The second-order valence-electron chi connectivity index (χ2n) is 8.29. The monoisotopic (exact) mass is 468 g/mol. The van der Waals surface area contributed by atoms with Crippen LogP contribution in [-0.4, -0.2) is 49.7 Å². The zero-order valence-electron chi connectivity index (χ0n) is 20.1. The quantitative estimate of drug-likeness (QED) is 0.224. The van der Waals surface area contributed by atoms with E-state index in [4.69, 9.17) is 23.7 Å². The van der Waals surface area contributed by atoms with Gasteiger partial charge in [-0.2, -0.15) is 0 Å². The molecule has 3 rings (SSSR count). The van der Waals surface area contributed by atoms with E-state index in [1.807, 2.05) is 74.5 Å². The highest BCUT2D eigenvalue weighted by molar-refractivity contribution is 5.50. The SMILES string of the molecule is C=CC[C@@H]1O[C@H](CC=O)[C@@H](OC(C)OCC)[C@H](OCc2ccccc2)[C@H]1OCc1ccccc1. The molecule has 2 aromatic carbocycles. The smallest absolute Gasteiger partial charge is 0.155 e. The van der Waals surface area contributed by atoms with Crippen LogP contribution < -0.4 is 0 Å². The van der Waals surface area contributed by atoms with Crippen LogP contribution in [0.4, 0.5) is 0 Å². The van der Waals surface area contributed by atoms with Crippen molar-refractivity contribution in [1.29, 1.82) is 0 Å². The third kappa shape index (κ3) is 7.58. The molecular weight excluding hydrogens is 432 g/mol. The minimum atomic E-state index is -0.544. The number of carbonyl (C=O) groups is 1. The Bertz CT molecular complexity index is 842. The van der Waals surface area contributed by atoms with E-state index in [1.54, 1.807) is 6.08 Å². The second-order valence-corrected chi connectivity index (χ2v) is 8.29. The Balaban J connectivity index is 1.89. The summed E-state index contributed by atoms with van der Waals surface area (Å²) >= 11 is 0. The Morgan fingerprint density at radius 1 is 0.882 bits per heavy atom. The first-order chi connectivity index (χ1) is 16.7. The van der Waals surface area contributed by atoms with Crippen LogP contribution in [0.2, 0.25) is 0 Å². The van der Waals surface area contributed by atoms with Gasteiger partial charge in [-0.1, -0.05) is 66.7 Å². The molecule has 184 valence electrons. The average Bonchev–Trinajstić information content (AvgIpc) is 2.85. The van der Waals surface area contributed by atoms with E-state index in [0.717, 1.165) is 17.4 Å². The fourth-order valence-electron chi connectivity index (χ4n) is 4.21. The minimum absolute atomic E-state index is 0.188. The van der Waals surface area contributed by atoms with Crippen molar-refractivity contribution in [1.82, 2.24) is 0 Å². The Morgan fingerprint density at radius 3 is 1.97 bits per heavy atom.